The maximum Gasteiger partial charge on any atom is 0.181 e. The Bertz CT molecular complexity index is 467. The summed E-state index contributed by atoms with van der Waals surface area (Å²) in [7, 11) is 0. The van der Waals surface area contributed by atoms with Gasteiger partial charge in [-0.15, -0.1) is 0 Å². The summed E-state index contributed by atoms with van der Waals surface area (Å²) in [6, 6.07) is 7.93. The molecule has 2 rings (SSSR count). The molecule has 0 aliphatic carbocycles. The molecule has 0 atom stereocenters. The van der Waals surface area contributed by atoms with Gasteiger partial charge in [0.15, 0.2) is 5.82 Å². The highest BCUT2D eigenvalue weighted by Crippen LogP contribution is 2.19. The summed E-state index contributed by atoms with van der Waals surface area (Å²) in [4.78, 5) is 4.42. The smallest absolute Gasteiger partial charge is 0.181 e. The molecule has 0 aliphatic rings. The van der Waals surface area contributed by atoms with Gasteiger partial charge in [-0.2, -0.15) is 5.10 Å². The number of halogens is 1. The van der Waals surface area contributed by atoms with Crippen molar-refractivity contribution >= 4 is 15.9 Å². The van der Waals surface area contributed by atoms with Gasteiger partial charge in [-0.25, -0.2) is 4.98 Å². The molecule has 1 heterocycles. The molecule has 0 unspecified atom stereocenters. The summed E-state index contributed by atoms with van der Waals surface area (Å²) in [6.07, 6.45) is 1.77. The SMILES string of the molecule is NCCCc1nc(-c2cccc(Br)c2)n[nH]1. The zero-order valence-electron chi connectivity index (χ0n) is 8.78. The number of nitrogens with zero attached hydrogens (tertiary/aromatic N) is 2. The lowest BCUT2D eigenvalue weighted by molar-refractivity contribution is 0.785. The molecule has 1 aromatic carbocycles. The Morgan fingerprint density at radius 3 is 3.00 bits per heavy atom. The lowest BCUT2D eigenvalue weighted by Gasteiger charge is -1.95. The number of H-pyrrole nitrogens is 1. The van der Waals surface area contributed by atoms with Gasteiger partial charge in [-0.3, -0.25) is 5.10 Å². The first-order chi connectivity index (χ1) is 7.79. The number of nitrogens with two attached hydrogens (primary N) is 1. The van der Waals surface area contributed by atoms with Gasteiger partial charge in [0.05, 0.1) is 0 Å². The fourth-order valence-corrected chi connectivity index (χ4v) is 1.83. The molecule has 84 valence electrons. The molecule has 0 aliphatic heterocycles. The number of hydrogen-bond acceptors (Lipinski definition) is 3. The van der Waals surface area contributed by atoms with Crippen molar-refractivity contribution in [1.82, 2.24) is 15.2 Å². The molecule has 5 heteroatoms. The van der Waals surface area contributed by atoms with E-state index < -0.39 is 0 Å². The van der Waals surface area contributed by atoms with Gasteiger partial charge in [-0.05, 0) is 25.1 Å². The van der Waals surface area contributed by atoms with Crippen molar-refractivity contribution in [1.29, 1.82) is 0 Å². The Morgan fingerprint density at radius 2 is 2.25 bits per heavy atom. The zero-order chi connectivity index (χ0) is 11.4. The third-order valence-electron chi connectivity index (χ3n) is 2.23. The quantitative estimate of drug-likeness (QED) is 0.902. The van der Waals surface area contributed by atoms with Gasteiger partial charge in [0.25, 0.3) is 0 Å². The molecule has 16 heavy (non-hydrogen) atoms. The molecule has 0 spiro atoms. The molecule has 0 amide bonds. The second kappa shape index (κ2) is 5.23. The third-order valence-corrected chi connectivity index (χ3v) is 2.73. The summed E-state index contributed by atoms with van der Waals surface area (Å²) in [5, 5.41) is 7.11. The summed E-state index contributed by atoms with van der Waals surface area (Å²) in [5.41, 5.74) is 6.45. The minimum atomic E-state index is 0.674. The van der Waals surface area contributed by atoms with E-state index in [1.165, 1.54) is 0 Å². The Kier molecular flexibility index (Phi) is 3.69. The van der Waals surface area contributed by atoms with Crippen molar-refractivity contribution in [2.75, 3.05) is 6.54 Å². The van der Waals surface area contributed by atoms with Crippen LogP contribution in [0.15, 0.2) is 28.7 Å². The number of rotatable bonds is 4. The highest BCUT2D eigenvalue weighted by Gasteiger charge is 2.05. The first-order valence-electron chi connectivity index (χ1n) is 5.17. The molecule has 0 fully saturated rings. The van der Waals surface area contributed by atoms with Gasteiger partial charge in [0.1, 0.15) is 5.82 Å². The summed E-state index contributed by atoms with van der Waals surface area (Å²) < 4.78 is 1.03. The van der Waals surface area contributed by atoms with E-state index in [0.29, 0.717) is 6.54 Å². The van der Waals surface area contributed by atoms with Crippen molar-refractivity contribution in [2.24, 2.45) is 5.73 Å². The molecule has 0 bridgehead atoms. The van der Waals surface area contributed by atoms with Crippen LogP contribution in [0, 0.1) is 0 Å². The van der Waals surface area contributed by atoms with E-state index in [9.17, 15) is 0 Å². The topological polar surface area (TPSA) is 67.6 Å². The van der Waals surface area contributed by atoms with Crippen LogP contribution in [0.25, 0.3) is 11.4 Å². The fraction of sp³-hybridized carbons (Fsp3) is 0.273. The standard InChI is InChI=1S/C11H13BrN4/c12-9-4-1-3-8(7-9)11-14-10(15-16-11)5-2-6-13/h1,3-4,7H,2,5-6,13H2,(H,14,15,16). The lowest BCUT2D eigenvalue weighted by atomic mass is 10.2. The molecule has 0 saturated carbocycles. The first kappa shape index (κ1) is 11.3. The normalized spacial score (nSPS) is 10.6. The number of nitrogens with one attached hydrogen (secondary N) is 1. The second-order valence-electron chi connectivity index (χ2n) is 3.51. The van der Waals surface area contributed by atoms with Crippen LogP contribution < -0.4 is 5.73 Å². The number of aryl methyl sites for hydroxylation is 1. The van der Waals surface area contributed by atoms with Crippen LogP contribution in [0.4, 0.5) is 0 Å². The van der Waals surface area contributed by atoms with Crippen LogP contribution in [-0.2, 0) is 6.42 Å². The number of benzene rings is 1. The summed E-state index contributed by atoms with van der Waals surface area (Å²) in [5.74, 6) is 1.62. The van der Waals surface area contributed by atoms with Crippen LogP contribution >= 0.6 is 15.9 Å². The first-order valence-corrected chi connectivity index (χ1v) is 5.96. The third kappa shape index (κ3) is 2.68. The molecule has 3 N–H and O–H groups in total. The van der Waals surface area contributed by atoms with Gasteiger partial charge in [0.2, 0.25) is 0 Å². The zero-order valence-corrected chi connectivity index (χ0v) is 10.4. The minimum absolute atomic E-state index is 0.674. The van der Waals surface area contributed by atoms with E-state index in [2.05, 4.69) is 31.1 Å². The molecular formula is C11H13BrN4. The molecule has 0 radical (unpaired) electrons. The maximum absolute atomic E-state index is 5.45. The number of aromatic amines is 1. The van der Waals surface area contributed by atoms with Crippen molar-refractivity contribution in [2.45, 2.75) is 12.8 Å². The van der Waals surface area contributed by atoms with Crippen LogP contribution in [0.3, 0.4) is 0 Å². The highest BCUT2D eigenvalue weighted by atomic mass is 79.9. The lowest BCUT2D eigenvalue weighted by Crippen LogP contribution is -2.01. The van der Waals surface area contributed by atoms with E-state index >= 15 is 0 Å². The fourth-order valence-electron chi connectivity index (χ4n) is 1.43. The van der Waals surface area contributed by atoms with E-state index in [1.54, 1.807) is 0 Å². The van der Waals surface area contributed by atoms with Crippen LogP contribution in [-0.4, -0.2) is 21.7 Å². The van der Waals surface area contributed by atoms with Gasteiger partial charge < -0.3 is 5.73 Å². The van der Waals surface area contributed by atoms with Crippen molar-refractivity contribution < 1.29 is 0 Å². The molecular weight excluding hydrogens is 268 g/mol. The van der Waals surface area contributed by atoms with Crippen molar-refractivity contribution in [3.05, 3.63) is 34.6 Å². The van der Waals surface area contributed by atoms with Gasteiger partial charge >= 0.3 is 0 Å². The molecule has 2 aromatic rings. The van der Waals surface area contributed by atoms with Gasteiger partial charge in [-0.1, -0.05) is 28.1 Å². The molecule has 0 saturated heterocycles. The summed E-state index contributed by atoms with van der Waals surface area (Å²) in [6.45, 7) is 0.674. The average molecular weight is 281 g/mol. The minimum Gasteiger partial charge on any atom is -0.330 e. The molecule has 4 nitrogen and oxygen atoms in total. The molecule has 1 aromatic heterocycles. The van der Waals surface area contributed by atoms with Crippen molar-refractivity contribution in [3.63, 3.8) is 0 Å². The van der Waals surface area contributed by atoms with E-state index in [0.717, 1.165) is 34.5 Å². The van der Waals surface area contributed by atoms with E-state index in [-0.39, 0.29) is 0 Å². The highest BCUT2D eigenvalue weighted by molar-refractivity contribution is 9.10. The monoisotopic (exact) mass is 280 g/mol. The van der Waals surface area contributed by atoms with Crippen LogP contribution in [0.1, 0.15) is 12.2 Å². The average Bonchev–Trinajstić information content (AvgIpc) is 2.75. The maximum atomic E-state index is 5.45. The van der Waals surface area contributed by atoms with E-state index in [1.807, 2.05) is 24.3 Å². The van der Waals surface area contributed by atoms with Crippen molar-refractivity contribution in [3.8, 4) is 11.4 Å². The second-order valence-corrected chi connectivity index (χ2v) is 4.42. The summed E-state index contributed by atoms with van der Waals surface area (Å²) >= 11 is 3.43. The Labute approximate surface area is 102 Å². The van der Waals surface area contributed by atoms with Gasteiger partial charge in [0, 0.05) is 16.5 Å². The van der Waals surface area contributed by atoms with Crippen LogP contribution in [0.5, 0.6) is 0 Å². The van der Waals surface area contributed by atoms with E-state index in [4.69, 9.17) is 5.73 Å². The Hall–Kier alpha value is -1.20. The Morgan fingerprint density at radius 1 is 1.38 bits per heavy atom. The largest absolute Gasteiger partial charge is 0.330 e. The number of aromatic nitrogens is 3. The predicted molar refractivity (Wildman–Crippen MR) is 66.9 cm³/mol. The predicted octanol–water partition coefficient (Wildman–Crippen LogP) is 2.13. The Balaban J connectivity index is 2.18. The number of hydrogen-bond donors (Lipinski definition) is 2. The van der Waals surface area contributed by atoms with Crippen LogP contribution in [0.2, 0.25) is 0 Å².